The van der Waals surface area contributed by atoms with E-state index in [0.29, 0.717) is 18.5 Å². The molecule has 0 amide bonds. The van der Waals surface area contributed by atoms with Gasteiger partial charge in [0.2, 0.25) is 0 Å². The molecule has 1 aromatic heterocycles. The third kappa shape index (κ3) is 4.08. The van der Waals surface area contributed by atoms with Gasteiger partial charge in [0.1, 0.15) is 0 Å². The standard InChI is InChI=1S/C13H23IN6/c1-3-20-6-4-5-10(20)7-16-13(15)17-8-12-11(14)9-19(2)18-12/h9-10H,3-8H2,1-2H3,(H3,15,16,17). The van der Waals surface area contributed by atoms with Crippen LogP contribution in [-0.4, -0.2) is 46.3 Å². The zero-order chi connectivity index (χ0) is 14.5. The predicted molar refractivity (Wildman–Crippen MR) is 89.5 cm³/mol. The minimum Gasteiger partial charge on any atom is -0.370 e. The van der Waals surface area contributed by atoms with Crippen molar-refractivity contribution in [3.05, 3.63) is 15.5 Å². The summed E-state index contributed by atoms with van der Waals surface area (Å²) in [4.78, 5) is 6.85. The summed E-state index contributed by atoms with van der Waals surface area (Å²) < 4.78 is 2.92. The number of nitrogens with zero attached hydrogens (tertiary/aromatic N) is 4. The van der Waals surface area contributed by atoms with E-state index in [2.05, 4.69) is 49.8 Å². The lowest BCUT2D eigenvalue weighted by atomic mass is 10.2. The second-order valence-electron chi connectivity index (χ2n) is 5.10. The molecule has 6 nitrogen and oxygen atoms in total. The van der Waals surface area contributed by atoms with Crippen LogP contribution in [0, 0.1) is 3.57 Å². The first-order chi connectivity index (χ1) is 9.60. The van der Waals surface area contributed by atoms with E-state index in [1.54, 1.807) is 4.68 Å². The fourth-order valence-corrected chi connectivity index (χ4v) is 3.28. The highest BCUT2D eigenvalue weighted by Gasteiger charge is 2.22. The summed E-state index contributed by atoms with van der Waals surface area (Å²) in [6.45, 7) is 5.92. The van der Waals surface area contributed by atoms with Crippen LogP contribution in [0.4, 0.5) is 0 Å². The summed E-state index contributed by atoms with van der Waals surface area (Å²) in [5.74, 6) is 0.509. The van der Waals surface area contributed by atoms with Crippen LogP contribution >= 0.6 is 22.6 Å². The maximum atomic E-state index is 5.93. The Morgan fingerprint density at radius 3 is 3.10 bits per heavy atom. The van der Waals surface area contributed by atoms with E-state index in [9.17, 15) is 0 Å². The second-order valence-corrected chi connectivity index (χ2v) is 6.27. The van der Waals surface area contributed by atoms with Gasteiger partial charge in [-0.3, -0.25) is 9.58 Å². The van der Waals surface area contributed by atoms with Crippen LogP contribution < -0.4 is 11.1 Å². The molecule has 0 aliphatic carbocycles. The topological polar surface area (TPSA) is 71.5 Å². The normalized spacial score (nSPS) is 20.6. The van der Waals surface area contributed by atoms with Gasteiger partial charge in [0.05, 0.1) is 15.8 Å². The first-order valence-electron chi connectivity index (χ1n) is 7.06. The van der Waals surface area contributed by atoms with Gasteiger partial charge < -0.3 is 11.1 Å². The minimum absolute atomic E-state index is 0.509. The zero-order valence-corrected chi connectivity index (χ0v) is 14.3. The Morgan fingerprint density at radius 2 is 2.45 bits per heavy atom. The molecule has 1 atom stereocenters. The van der Waals surface area contributed by atoms with Gasteiger partial charge in [0.15, 0.2) is 5.96 Å². The highest BCUT2D eigenvalue weighted by molar-refractivity contribution is 14.1. The maximum Gasteiger partial charge on any atom is 0.189 e. The van der Waals surface area contributed by atoms with Gasteiger partial charge in [-0.25, -0.2) is 4.99 Å². The van der Waals surface area contributed by atoms with Crippen molar-refractivity contribution in [3.8, 4) is 0 Å². The molecule has 0 saturated carbocycles. The average Bonchev–Trinajstić information content (AvgIpc) is 2.99. The van der Waals surface area contributed by atoms with E-state index in [1.165, 1.54) is 19.4 Å². The number of hydrogen-bond donors (Lipinski definition) is 2. The molecule has 3 N–H and O–H groups in total. The molecule has 1 saturated heterocycles. The highest BCUT2D eigenvalue weighted by atomic mass is 127. The summed E-state index contributed by atoms with van der Waals surface area (Å²) in [5, 5.41) is 7.59. The predicted octanol–water partition coefficient (Wildman–Crippen LogP) is 0.913. The number of likely N-dealkylation sites (tertiary alicyclic amines) is 1. The molecular weight excluding hydrogens is 367 g/mol. The molecule has 0 radical (unpaired) electrons. The van der Waals surface area contributed by atoms with Gasteiger partial charge in [-0.1, -0.05) is 6.92 Å². The number of guanidine groups is 1. The summed E-state index contributed by atoms with van der Waals surface area (Å²) in [6, 6.07) is 0.587. The summed E-state index contributed by atoms with van der Waals surface area (Å²) in [5.41, 5.74) is 6.89. The van der Waals surface area contributed by atoms with Crippen LogP contribution in [0.25, 0.3) is 0 Å². The third-order valence-corrected chi connectivity index (χ3v) is 4.58. The largest absolute Gasteiger partial charge is 0.370 e. The number of aliphatic imine (C=N–C) groups is 1. The molecule has 7 heteroatoms. The van der Waals surface area contributed by atoms with Crippen LogP contribution in [-0.2, 0) is 13.6 Å². The van der Waals surface area contributed by atoms with Gasteiger partial charge in [0, 0.05) is 25.8 Å². The third-order valence-electron chi connectivity index (χ3n) is 3.68. The Bertz CT molecular complexity index is 469. The van der Waals surface area contributed by atoms with Crippen molar-refractivity contribution >= 4 is 28.6 Å². The molecule has 112 valence electrons. The van der Waals surface area contributed by atoms with E-state index in [-0.39, 0.29) is 0 Å². The quantitative estimate of drug-likeness (QED) is 0.446. The lowest BCUT2D eigenvalue weighted by Crippen LogP contribution is -2.42. The van der Waals surface area contributed by atoms with Crippen molar-refractivity contribution in [2.45, 2.75) is 32.4 Å². The first-order valence-corrected chi connectivity index (χ1v) is 8.14. The second kappa shape index (κ2) is 7.26. The van der Waals surface area contributed by atoms with Crippen molar-refractivity contribution in [2.75, 3.05) is 19.6 Å². The highest BCUT2D eigenvalue weighted by Crippen LogP contribution is 2.15. The number of aryl methyl sites for hydroxylation is 1. The van der Waals surface area contributed by atoms with E-state index in [1.807, 2.05) is 13.2 Å². The van der Waals surface area contributed by atoms with E-state index < -0.39 is 0 Å². The Labute approximate surface area is 133 Å². The molecule has 0 aromatic carbocycles. The Kier molecular flexibility index (Phi) is 5.64. The van der Waals surface area contributed by atoms with E-state index in [4.69, 9.17) is 5.73 Å². The number of halogens is 1. The molecule has 1 fully saturated rings. The lowest BCUT2D eigenvalue weighted by molar-refractivity contribution is 0.267. The summed E-state index contributed by atoms with van der Waals surface area (Å²) in [7, 11) is 1.91. The first kappa shape index (κ1) is 15.6. The fourth-order valence-electron chi connectivity index (χ4n) is 2.59. The number of nitrogens with one attached hydrogen (secondary N) is 1. The SMILES string of the molecule is CCN1CCCC1CNC(N)=NCc1nn(C)cc1I. The van der Waals surface area contributed by atoms with E-state index >= 15 is 0 Å². The number of hydrogen-bond acceptors (Lipinski definition) is 3. The Balaban J connectivity index is 1.81. The molecule has 1 aromatic rings. The van der Waals surface area contributed by atoms with Gasteiger partial charge >= 0.3 is 0 Å². The van der Waals surface area contributed by atoms with Crippen molar-refractivity contribution in [1.82, 2.24) is 20.0 Å². The molecular formula is C13H23IN6. The van der Waals surface area contributed by atoms with Crippen molar-refractivity contribution in [1.29, 1.82) is 0 Å². The Morgan fingerprint density at radius 1 is 1.65 bits per heavy atom. The number of aromatic nitrogens is 2. The van der Waals surface area contributed by atoms with Gasteiger partial charge in [-0.15, -0.1) is 0 Å². The summed E-state index contributed by atoms with van der Waals surface area (Å²) in [6.07, 6.45) is 4.50. The van der Waals surface area contributed by atoms with Gasteiger partial charge in [-0.05, 0) is 48.5 Å². The fraction of sp³-hybridized carbons (Fsp3) is 0.692. The maximum absolute atomic E-state index is 5.93. The van der Waals surface area contributed by atoms with E-state index in [0.717, 1.165) is 22.4 Å². The van der Waals surface area contributed by atoms with Crippen LogP contribution in [0.15, 0.2) is 11.2 Å². The number of rotatable bonds is 5. The monoisotopic (exact) mass is 390 g/mol. The molecule has 1 aliphatic heterocycles. The molecule has 2 rings (SSSR count). The molecule has 0 spiro atoms. The lowest BCUT2D eigenvalue weighted by Gasteiger charge is -2.23. The van der Waals surface area contributed by atoms with Crippen molar-refractivity contribution in [2.24, 2.45) is 17.8 Å². The zero-order valence-electron chi connectivity index (χ0n) is 12.1. The molecule has 0 bridgehead atoms. The van der Waals surface area contributed by atoms with Crippen molar-refractivity contribution < 1.29 is 0 Å². The minimum atomic E-state index is 0.509. The van der Waals surface area contributed by atoms with Crippen LogP contribution in [0.3, 0.4) is 0 Å². The molecule has 20 heavy (non-hydrogen) atoms. The smallest absolute Gasteiger partial charge is 0.189 e. The van der Waals surface area contributed by atoms with Crippen molar-refractivity contribution in [3.63, 3.8) is 0 Å². The average molecular weight is 390 g/mol. The molecule has 1 aliphatic rings. The number of likely N-dealkylation sites (N-methyl/N-ethyl adjacent to an activating group) is 1. The van der Waals surface area contributed by atoms with Crippen LogP contribution in [0.2, 0.25) is 0 Å². The Hall–Kier alpha value is -0.830. The number of nitrogens with two attached hydrogens (primary N) is 1. The van der Waals surface area contributed by atoms with Crippen LogP contribution in [0.1, 0.15) is 25.5 Å². The van der Waals surface area contributed by atoms with Gasteiger partial charge in [0.25, 0.3) is 0 Å². The van der Waals surface area contributed by atoms with Crippen LogP contribution in [0.5, 0.6) is 0 Å². The summed E-state index contributed by atoms with van der Waals surface area (Å²) >= 11 is 2.27. The molecule has 2 heterocycles. The molecule has 1 unspecified atom stereocenters. The van der Waals surface area contributed by atoms with Gasteiger partial charge in [-0.2, -0.15) is 5.10 Å².